The molecule has 19 heteroatoms. The van der Waals surface area contributed by atoms with E-state index in [1.54, 1.807) is 0 Å². The van der Waals surface area contributed by atoms with Gasteiger partial charge in [0.15, 0.2) is 12.2 Å². The molecule has 0 aromatic carbocycles. The number of aliphatic hydroxyl groups is 1. The standard InChI is InChI=1S/C72H140O17P2/c1-7-10-12-14-16-37-44-50-56-71(76)88-67(60-82-69(74)54-48-42-34-15-13-11-8-2)62-86-90(78,79)84-58-66(73)59-85-91(80,81)87-63-68(61-83-70(75)55-49-43-38-32-29-25-26-30-35-40-46-52-64(4)5)89-72(77)57-51-45-39-33-28-24-22-20-18-17-19-21-23-27-31-36-41-47-53-65(6)9-3/h64-68,73H,7-63H2,1-6H3,(H,78,79)(H,80,81)/t65?,66-,67+,68+/m0/s1. The molecule has 0 aromatic rings. The van der Waals surface area contributed by atoms with E-state index in [-0.39, 0.29) is 25.7 Å². The van der Waals surface area contributed by atoms with Crippen molar-refractivity contribution in [3.05, 3.63) is 0 Å². The van der Waals surface area contributed by atoms with Crippen LogP contribution in [0.3, 0.4) is 0 Å². The number of aliphatic hydroxyl groups excluding tert-OH is 1. The SMILES string of the molecule is CCCCCCCCCCC(=O)O[C@H](COC(=O)CCCCCCCCC)COP(=O)(O)OC[C@H](O)COP(=O)(O)OC[C@@H](COC(=O)CCCCCCCCCCCCCC(C)C)OC(=O)CCCCCCCCCCCCCCCCCCCCC(C)CC. The highest BCUT2D eigenvalue weighted by Gasteiger charge is 2.30. The van der Waals surface area contributed by atoms with Crippen molar-refractivity contribution in [2.75, 3.05) is 39.6 Å². The van der Waals surface area contributed by atoms with Crippen LogP contribution in [0.1, 0.15) is 369 Å². The van der Waals surface area contributed by atoms with Crippen molar-refractivity contribution < 1.29 is 80.2 Å². The van der Waals surface area contributed by atoms with E-state index in [2.05, 4.69) is 41.5 Å². The summed E-state index contributed by atoms with van der Waals surface area (Å²) in [6.45, 7) is 9.56. The summed E-state index contributed by atoms with van der Waals surface area (Å²) in [4.78, 5) is 72.3. The molecule has 3 N–H and O–H groups in total. The fourth-order valence-electron chi connectivity index (χ4n) is 10.9. The van der Waals surface area contributed by atoms with Crippen LogP contribution in [-0.4, -0.2) is 96.7 Å². The van der Waals surface area contributed by atoms with E-state index in [0.717, 1.165) is 121 Å². The number of carbonyl (C=O) groups is 4. The van der Waals surface area contributed by atoms with E-state index in [9.17, 15) is 43.2 Å². The van der Waals surface area contributed by atoms with Gasteiger partial charge in [0, 0.05) is 25.7 Å². The molecule has 91 heavy (non-hydrogen) atoms. The van der Waals surface area contributed by atoms with Gasteiger partial charge >= 0.3 is 39.5 Å². The van der Waals surface area contributed by atoms with Crippen LogP contribution >= 0.6 is 15.6 Å². The van der Waals surface area contributed by atoms with Crippen LogP contribution in [0.5, 0.6) is 0 Å². The monoisotopic (exact) mass is 1340 g/mol. The molecule has 0 saturated carbocycles. The second-order valence-corrected chi connectivity index (χ2v) is 29.6. The van der Waals surface area contributed by atoms with Crippen LogP contribution in [0.15, 0.2) is 0 Å². The van der Waals surface area contributed by atoms with Crippen LogP contribution in [0.2, 0.25) is 0 Å². The number of phosphoric ester groups is 2. The van der Waals surface area contributed by atoms with Crippen LogP contribution in [-0.2, 0) is 65.4 Å². The van der Waals surface area contributed by atoms with Gasteiger partial charge in [-0.2, -0.15) is 0 Å². The molecule has 0 fully saturated rings. The number of hydrogen-bond acceptors (Lipinski definition) is 15. The fraction of sp³-hybridized carbons (Fsp3) is 0.944. The summed E-state index contributed by atoms with van der Waals surface area (Å²) in [6, 6.07) is 0. The van der Waals surface area contributed by atoms with Crippen molar-refractivity contribution in [2.24, 2.45) is 11.8 Å². The maximum atomic E-state index is 13.1. The van der Waals surface area contributed by atoms with Gasteiger partial charge < -0.3 is 33.8 Å². The molecule has 0 aliphatic rings. The van der Waals surface area contributed by atoms with E-state index in [1.165, 1.54) is 167 Å². The van der Waals surface area contributed by atoms with Gasteiger partial charge in [-0.25, -0.2) is 9.13 Å². The zero-order valence-corrected chi connectivity index (χ0v) is 60.9. The van der Waals surface area contributed by atoms with Gasteiger partial charge in [0.1, 0.15) is 19.3 Å². The molecule has 6 atom stereocenters. The number of hydrogen-bond donors (Lipinski definition) is 3. The first-order chi connectivity index (χ1) is 43.9. The van der Waals surface area contributed by atoms with Crippen LogP contribution in [0.4, 0.5) is 0 Å². The highest BCUT2D eigenvalue weighted by molar-refractivity contribution is 7.47. The summed E-state index contributed by atoms with van der Waals surface area (Å²) in [5.74, 6) is -0.488. The molecule has 0 spiro atoms. The van der Waals surface area contributed by atoms with Crippen LogP contribution < -0.4 is 0 Å². The molecule has 17 nitrogen and oxygen atoms in total. The van der Waals surface area contributed by atoms with Gasteiger partial charge in [0.25, 0.3) is 0 Å². The highest BCUT2D eigenvalue weighted by atomic mass is 31.2. The normalized spacial score (nSPS) is 14.4. The van der Waals surface area contributed by atoms with E-state index in [0.29, 0.717) is 25.7 Å². The Kier molecular flexibility index (Phi) is 62.7. The Hall–Kier alpha value is -1.94. The van der Waals surface area contributed by atoms with Crippen molar-refractivity contribution in [1.82, 2.24) is 0 Å². The first-order valence-corrected chi connectivity index (χ1v) is 40.5. The molecule has 0 bridgehead atoms. The summed E-state index contributed by atoms with van der Waals surface area (Å²) in [5.41, 5.74) is 0. The van der Waals surface area contributed by atoms with Gasteiger partial charge in [-0.3, -0.25) is 37.3 Å². The topological polar surface area (TPSA) is 237 Å². The number of rotatable bonds is 71. The maximum Gasteiger partial charge on any atom is 0.472 e. The van der Waals surface area contributed by atoms with Gasteiger partial charge in [0.2, 0.25) is 0 Å². The van der Waals surface area contributed by atoms with E-state index in [4.69, 9.17) is 37.0 Å². The largest absolute Gasteiger partial charge is 0.472 e. The lowest BCUT2D eigenvalue weighted by atomic mass is 9.99. The quantitative estimate of drug-likeness (QED) is 0.0222. The number of ether oxygens (including phenoxy) is 4. The fourth-order valence-corrected chi connectivity index (χ4v) is 12.5. The Morgan fingerprint density at radius 1 is 0.319 bits per heavy atom. The minimum atomic E-state index is -4.95. The lowest BCUT2D eigenvalue weighted by Crippen LogP contribution is -2.30. The number of esters is 4. The lowest BCUT2D eigenvalue weighted by molar-refractivity contribution is -0.161. The smallest absolute Gasteiger partial charge is 0.462 e. The Bertz CT molecular complexity index is 1770. The average molecular weight is 1340 g/mol. The molecule has 0 aliphatic carbocycles. The molecule has 3 unspecified atom stereocenters. The first-order valence-electron chi connectivity index (χ1n) is 37.5. The summed E-state index contributed by atoms with van der Waals surface area (Å²) in [7, 11) is -9.89. The van der Waals surface area contributed by atoms with E-state index < -0.39 is 97.5 Å². The Balaban J connectivity index is 5.12. The minimum absolute atomic E-state index is 0.105. The van der Waals surface area contributed by atoms with Gasteiger partial charge in [-0.05, 0) is 37.5 Å². The Morgan fingerprint density at radius 3 is 0.835 bits per heavy atom. The third-order valence-electron chi connectivity index (χ3n) is 17.1. The molecule has 0 aliphatic heterocycles. The second-order valence-electron chi connectivity index (χ2n) is 26.7. The van der Waals surface area contributed by atoms with Crippen molar-refractivity contribution >= 4 is 39.5 Å². The summed E-state index contributed by atoms with van der Waals surface area (Å²) >= 11 is 0. The molecule has 0 amide bonds. The lowest BCUT2D eigenvalue weighted by Gasteiger charge is -2.21. The second kappa shape index (κ2) is 64.1. The zero-order valence-electron chi connectivity index (χ0n) is 59.1. The van der Waals surface area contributed by atoms with E-state index >= 15 is 0 Å². The molecular formula is C72H140O17P2. The molecule has 540 valence electrons. The van der Waals surface area contributed by atoms with Gasteiger partial charge in [0.05, 0.1) is 26.4 Å². The molecule has 0 rings (SSSR count). The first kappa shape index (κ1) is 89.1. The summed E-state index contributed by atoms with van der Waals surface area (Å²) in [5, 5.41) is 10.6. The van der Waals surface area contributed by atoms with Gasteiger partial charge in [-0.1, -0.05) is 318 Å². The predicted octanol–water partition coefficient (Wildman–Crippen LogP) is 20.8. The van der Waals surface area contributed by atoms with Crippen LogP contribution in [0.25, 0.3) is 0 Å². The molecule has 0 saturated heterocycles. The number of unbranched alkanes of at least 4 members (excludes halogenated alkanes) is 40. The van der Waals surface area contributed by atoms with Crippen molar-refractivity contribution in [3.63, 3.8) is 0 Å². The van der Waals surface area contributed by atoms with Crippen molar-refractivity contribution in [1.29, 1.82) is 0 Å². The molecule has 0 heterocycles. The third kappa shape index (κ3) is 65.1. The Morgan fingerprint density at radius 2 is 0.560 bits per heavy atom. The maximum absolute atomic E-state index is 13.1. The molecule has 0 radical (unpaired) electrons. The number of phosphoric acid groups is 2. The number of carbonyl (C=O) groups excluding carboxylic acids is 4. The van der Waals surface area contributed by atoms with Crippen molar-refractivity contribution in [3.8, 4) is 0 Å². The average Bonchev–Trinajstić information content (AvgIpc) is 3.66. The molecular weight excluding hydrogens is 1200 g/mol. The Labute approximate surface area is 556 Å². The van der Waals surface area contributed by atoms with Crippen molar-refractivity contribution in [2.45, 2.75) is 387 Å². The van der Waals surface area contributed by atoms with Gasteiger partial charge in [-0.15, -0.1) is 0 Å². The highest BCUT2D eigenvalue weighted by Crippen LogP contribution is 2.45. The molecule has 0 aromatic heterocycles. The van der Waals surface area contributed by atoms with Crippen LogP contribution in [0, 0.1) is 11.8 Å². The minimum Gasteiger partial charge on any atom is -0.462 e. The predicted molar refractivity (Wildman–Crippen MR) is 368 cm³/mol. The summed E-state index contributed by atoms with van der Waals surface area (Å²) < 4.78 is 68.1. The van der Waals surface area contributed by atoms with E-state index in [1.807, 2.05) is 0 Å². The third-order valence-corrected chi connectivity index (χ3v) is 19.0. The zero-order chi connectivity index (χ0) is 67.2. The summed E-state index contributed by atoms with van der Waals surface area (Å²) in [6.07, 6.45) is 50.2.